The van der Waals surface area contributed by atoms with Gasteiger partial charge in [-0.05, 0) is 61.5 Å². The van der Waals surface area contributed by atoms with Gasteiger partial charge in [-0.2, -0.15) is 0 Å². The van der Waals surface area contributed by atoms with Crippen molar-refractivity contribution in [3.05, 3.63) is 107 Å². The van der Waals surface area contributed by atoms with Crippen LogP contribution in [0.2, 0.25) is 0 Å². The molecule has 0 aliphatic carbocycles. The van der Waals surface area contributed by atoms with Gasteiger partial charge in [0.25, 0.3) is 0 Å². The van der Waals surface area contributed by atoms with Gasteiger partial charge in [0.05, 0.1) is 6.04 Å². The maximum Gasteiger partial charge on any atom is 0.193 e. The number of rotatable bonds is 5. The van der Waals surface area contributed by atoms with E-state index in [9.17, 15) is 4.79 Å². The second-order valence-corrected chi connectivity index (χ2v) is 8.01. The number of carbonyl (C=O) groups is 1. The quantitative estimate of drug-likeness (QED) is 0.411. The van der Waals surface area contributed by atoms with Crippen molar-refractivity contribution in [3.63, 3.8) is 0 Å². The number of nitrogens with zero attached hydrogens (tertiary/aromatic N) is 1. The molecule has 4 nitrogen and oxygen atoms in total. The summed E-state index contributed by atoms with van der Waals surface area (Å²) in [6.07, 6.45) is 0. The molecule has 156 valence electrons. The van der Waals surface area contributed by atoms with Gasteiger partial charge in [-0.25, -0.2) is 0 Å². The third-order valence-electron chi connectivity index (χ3n) is 5.47. The molecule has 31 heavy (non-hydrogen) atoms. The van der Waals surface area contributed by atoms with Crippen LogP contribution < -0.4 is 10.1 Å². The lowest BCUT2D eigenvalue weighted by molar-refractivity contribution is 0.102. The molecule has 1 aliphatic rings. The van der Waals surface area contributed by atoms with Crippen LogP contribution in [0.1, 0.15) is 34.5 Å². The summed E-state index contributed by atoms with van der Waals surface area (Å²) in [7, 11) is 1.87. The Morgan fingerprint density at radius 3 is 2.32 bits per heavy atom. The number of thiocarbonyl (C=S) groups is 1. The summed E-state index contributed by atoms with van der Waals surface area (Å²) in [6.45, 7) is 3.97. The van der Waals surface area contributed by atoms with Crippen LogP contribution >= 0.6 is 12.2 Å². The Balaban J connectivity index is 1.66. The van der Waals surface area contributed by atoms with Crippen LogP contribution in [0, 0.1) is 6.92 Å². The van der Waals surface area contributed by atoms with Crippen molar-refractivity contribution in [2.75, 3.05) is 7.05 Å². The van der Waals surface area contributed by atoms with Crippen molar-refractivity contribution in [2.24, 2.45) is 0 Å². The van der Waals surface area contributed by atoms with E-state index in [1.807, 2.05) is 105 Å². The molecule has 0 saturated heterocycles. The topological polar surface area (TPSA) is 41.6 Å². The highest BCUT2D eigenvalue weighted by Gasteiger charge is 2.32. The number of ketones is 1. The summed E-state index contributed by atoms with van der Waals surface area (Å²) in [6, 6.07) is 24.7. The van der Waals surface area contributed by atoms with Crippen LogP contribution in [0.5, 0.6) is 11.5 Å². The average molecular weight is 429 g/mol. The second-order valence-electron chi connectivity index (χ2n) is 7.62. The van der Waals surface area contributed by atoms with Crippen molar-refractivity contribution in [1.82, 2.24) is 10.2 Å². The zero-order valence-electron chi connectivity index (χ0n) is 17.8. The number of hydrogen-bond acceptors (Lipinski definition) is 3. The van der Waals surface area contributed by atoms with Gasteiger partial charge in [0.2, 0.25) is 0 Å². The number of carbonyl (C=O) groups excluding carboxylic acids is 1. The Labute approximate surface area is 188 Å². The standard InChI is InChI=1S/C26H24N2O2S/c1-17-8-7-11-22(16-17)30-21-14-12-19(13-15-21)24-23(18(2)28(3)26(31)27-24)25(29)20-9-5-4-6-10-20/h4-16,24H,1-3H3,(H,27,31). The van der Waals surface area contributed by atoms with Gasteiger partial charge in [-0.1, -0.05) is 54.6 Å². The number of allylic oxidation sites excluding steroid dienone is 1. The summed E-state index contributed by atoms with van der Waals surface area (Å²) in [4.78, 5) is 15.2. The fourth-order valence-corrected chi connectivity index (χ4v) is 3.92. The Morgan fingerprint density at radius 2 is 1.65 bits per heavy atom. The first-order valence-electron chi connectivity index (χ1n) is 10.1. The van der Waals surface area contributed by atoms with E-state index in [0.29, 0.717) is 16.2 Å². The van der Waals surface area contributed by atoms with Gasteiger partial charge < -0.3 is 15.0 Å². The number of ether oxygens (including phenoxy) is 1. The zero-order chi connectivity index (χ0) is 22.0. The van der Waals surface area contributed by atoms with Crippen molar-refractivity contribution < 1.29 is 9.53 Å². The van der Waals surface area contributed by atoms with Crippen LogP contribution in [-0.2, 0) is 0 Å². The monoisotopic (exact) mass is 428 g/mol. The van der Waals surface area contributed by atoms with Crippen molar-refractivity contribution in [1.29, 1.82) is 0 Å². The van der Waals surface area contributed by atoms with E-state index in [1.54, 1.807) is 0 Å². The molecule has 1 N–H and O–H groups in total. The molecule has 0 bridgehead atoms. The zero-order valence-corrected chi connectivity index (χ0v) is 18.6. The van der Waals surface area contributed by atoms with Gasteiger partial charge >= 0.3 is 0 Å². The molecule has 0 saturated carbocycles. The van der Waals surface area contributed by atoms with Crippen LogP contribution in [0.25, 0.3) is 0 Å². The molecule has 0 aromatic heterocycles. The smallest absolute Gasteiger partial charge is 0.193 e. The lowest BCUT2D eigenvalue weighted by atomic mass is 9.89. The average Bonchev–Trinajstić information content (AvgIpc) is 2.78. The van der Waals surface area contributed by atoms with Crippen molar-refractivity contribution in [2.45, 2.75) is 19.9 Å². The molecule has 1 aliphatic heterocycles. The minimum absolute atomic E-state index is 0.00922. The molecule has 0 radical (unpaired) electrons. The van der Waals surface area contributed by atoms with E-state index < -0.39 is 0 Å². The minimum atomic E-state index is -0.329. The summed E-state index contributed by atoms with van der Waals surface area (Å²) in [5, 5.41) is 3.92. The number of Topliss-reactive ketones (excluding diaryl/α,β-unsaturated/α-hetero) is 1. The molecule has 3 aromatic carbocycles. The van der Waals surface area contributed by atoms with Crippen molar-refractivity contribution >= 4 is 23.1 Å². The molecule has 1 heterocycles. The van der Waals surface area contributed by atoms with Crippen LogP contribution in [0.4, 0.5) is 0 Å². The maximum atomic E-state index is 13.4. The third kappa shape index (κ3) is 4.37. The number of nitrogens with one attached hydrogen (secondary N) is 1. The van der Waals surface area contributed by atoms with E-state index in [-0.39, 0.29) is 11.8 Å². The Bertz CT molecular complexity index is 1150. The van der Waals surface area contributed by atoms with E-state index >= 15 is 0 Å². The molecule has 4 rings (SSSR count). The fraction of sp³-hybridized carbons (Fsp3) is 0.154. The lowest BCUT2D eigenvalue weighted by Crippen LogP contribution is -2.45. The first kappa shape index (κ1) is 20.8. The predicted octanol–water partition coefficient (Wildman–Crippen LogP) is 5.81. The molecule has 5 heteroatoms. The number of aryl methyl sites for hydroxylation is 1. The first-order valence-corrected chi connectivity index (χ1v) is 10.5. The van der Waals surface area contributed by atoms with Crippen LogP contribution in [0.3, 0.4) is 0 Å². The van der Waals surface area contributed by atoms with Gasteiger partial charge in [0.1, 0.15) is 11.5 Å². The normalized spacial score (nSPS) is 16.2. The molecule has 3 aromatic rings. The van der Waals surface area contributed by atoms with Crippen LogP contribution in [-0.4, -0.2) is 22.8 Å². The van der Waals surface area contributed by atoms with Crippen LogP contribution in [0.15, 0.2) is 90.1 Å². The summed E-state index contributed by atoms with van der Waals surface area (Å²) in [5.74, 6) is 1.52. The minimum Gasteiger partial charge on any atom is -0.457 e. The lowest BCUT2D eigenvalue weighted by Gasteiger charge is -2.36. The molecular formula is C26H24N2O2S. The van der Waals surface area contributed by atoms with Gasteiger partial charge in [-0.15, -0.1) is 0 Å². The van der Waals surface area contributed by atoms with E-state index in [4.69, 9.17) is 17.0 Å². The highest BCUT2D eigenvalue weighted by Crippen LogP contribution is 2.33. The first-order chi connectivity index (χ1) is 14.9. The number of hydrogen-bond donors (Lipinski definition) is 1. The van der Waals surface area contributed by atoms with Crippen molar-refractivity contribution in [3.8, 4) is 11.5 Å². The van der Waals surface area contributed by atoms with E-state index in [1.165, 1.54) is 0 Å². The molecule has 0 amide bonds. The molecular weight excluding hydrogens is 404 g/mol. The summed E-state index contributed by atoms with van der Waals surface area (Å²) < 4.78 is 5.97. The van der Waals surface area contributed by atoms with E-state index in [2.05, 4.69) is 5.32 Å². The number of benzene rings is 3. The third-order valence-corrected chi connectivity index (χ3v) is 5.87. The fourth-order valence-electron chi connectivity index (χ4n) is 3.67. The highest BCUT2D eigenvalue weighted by atomic mass is 32.1. The largest absolute Gasteiger partial charge is 0.457 e. The SMILES string of the molecule is CC1=C(C(=O)c2ccccc2)C(c2ccc(Oc3cccc(C)c3)cc2)NC(=S)N1C. The van der Waals surface area contributed by atoms with Gasteiger partial charge in [0, 0.05) is 23.9 Å². The molecule has 1 unspecified atom stereocenters. The summed E-state index contributed by atoms with van der Waals surface area (Å²) >= 11 is 5.51. The van der Waals surface area contributed by atoms with Gasteiger partial charge in [-0.3, -0.25) is 4.79 Å². The van der Waals surface area contributed by atoms with E-state index in [0.717, 1.165) is 28.3 Å². The Hall–Kier alpha value is -3.44. The molecule has 1 atom stereocenters. The summed E-state index contributed by atoms with van der Waals surface area (Å²) in [5.41, 5.74) is 4.29. The maximum absolute atomic E-state index is 13.4. The van der Waals surface area contributed by atoms with Gasteiger partial charge in [0.15, 0.2) is 10.9 Å². The molecule has 0 spiro atoms. The second kappa shape index (κ2) is 8.74. The predicted molar refractivity (Wildman–Crippen MR) is 127 cm³/mol. The highest BCUT2D eigenvalue weighted by molar-refractivity contribution is 7.80. The Morgan fingerprint density at radius 1 is 0.935 bits per heavy atom. The Kier molecular flexibility index (Phi) is 5.87. The molecule has 0 fully saturated rings.